The summed E-state index contributed by atoms with van der Waals surface area (Å²) in [5.41, 5.74) is 0. The molecule has 18 heavy (non-hydrogen) atoms. The van der Waals surface area contributed by atoms with Crippen molar-refractivity contribution in [2.75, 3.05) is 7.05 Å². The molecule has 0 atom stereocenters. The standard InChI is InChI=1S/C15H26N2O/c1-3-4-5-6-15(18)17(2)14-9-7-13(8-10-14)11-12-16/h13-14H,3-11H2,1-2H3. The van der Waals surface area contributed by atoms with Gasteiger partial charge in [0.15, 0.2) is 0 Å². The maximum absolute atomic E-state index is 12.0. The number of unbranched alkanes of at least 4 members (excludes halogenated alkanes) is 2. The van der Waals surface area contributed by atoms with E-state index in [-0.39, 0.29) is 0 Å². The molecule has 0 spiro atoms. The van der Waals surface area contributed by atoms with E-state index in [0.29, 0.717) is 30.7 Å². The molecular formula is C15H26N2O. The monoisotopic (exact) mass is 250 g/mol. The van der Waals surface area contributed by atoms with Crippen molar-refractivity contribution in [3.8, 4) is 6.07 Å². The number of hydrogen-bond donors (Lipinski definition) is 0. The van der Waals surface area contributed by atoms with Crippen LogP contribution < -0.4 is 0 Å². The van der Waals surface area contributed by atoms with E-state index in [4.69, 9.17) is 5.26 Å². The molecular weight excluding hydrogens is 224 g/mol. The van der Waals surface area contributed by atoms with Crippen molar-refractivity contribution < 1.29 is 4.79 Å². The molecule has 3 nitrogen and oxygen atoms in total. The third kappa shape index (κ3) is 4.68. The fraction of sp³-hybridized carbons (Fsp3) is 0.867. The van der Waals surface area contributed by atoms with E-state index in [1.807, 2.05) is 11.9 Å². The number of nitrogens with zero attached hydrogens (tertiary/aromatic N) is 2. The van der Waals surface area contributed by atoms with Crippen LogP contribution in [0.25, 0.3) is 0 Å². The largest absolute Gasteiger partial charge is 0.343 e. The van der Waals surface area contributed by atoms with Crippen LogP contribution in [0.1, 0.15) is 64.7 Å². The maximum atomic E-state index is 12.0. The summed E-state index contributed by atoms with van der Waals surface area (Å²) in [4.78, 5) is 14.0. The Bertz CT molecular complexity index is 287. The quantitative estimate of drug-likeness (QED) is 0.677. The maximum Gasteiger partial charge on any atom is 0.222 e. The highest BCUT2D eigenvalue weighted by Gasteiger charge is 2.25. The lowest BCUT2D eigenvalue weighted by Gasteiger charge is -2.34. The Kier molecular flexibility index (Phi) is 6.78. The first-order valence-electron chi connectivity index (χ1n) is 7.31. The number of hydrogen-bond acceptors (Lipinski definition) is 2. The molecule has 0 bridgehead atoms. The summed E-state index contributed by atoms with van der Waals surface area (Å²) in [6, 6.07) is 2.67. The minimum Gasteiger partial charge on any atom is -0.343 e. The number of nitriles is 1. The summed E-state index contributed by atoms with van der Waals surface area (Å²) in [5, 5.41) is 8.69. The predicted octanol–water partition coefficient (Wildman–Crippen LogP) is 3.50. The van der Waals surface area contributed by atoms with Gasteiger partial charge in [-0.05, 0) is 38.0 Å². The molecule has 102 valence electrons. The Balaban J connectivity index is 2.28. The van der Waals surface area contributed by atoms with Crippen LogP contribution in [-0.2, 0) is 4.79 Å². The summed E-state index contributed by atoms with van der Waals surface area (Å²) in [5.74, 6) is 0.863. The van der Waals surface area contributed by atoms with Crippen molar-refractivity contribution in [2.24, 2.45) is 5.92 Å². The van der Waals surface area contributed by atoms with Gasteiger partial charge in [0.1, 0.15) is 0 Å². The SMILES string of the molecule is CCCCCC(=O)N(C)C1CCC(CC#N)CC1. The molecule has 1 aliphatic rings. The zero-order valence-electron chi connectivity index (χ0n) is 11.8. The molecule has 0 heterocycles. The summed E-state index contributed by atoms with van der Waals surface area (Å²) in [6.45, 7) is 2.16. The molecule has 0 N–H and O–H groups in total. The van der Waals surface area contributed by atoms with Crippen LogP contribution in [-0.4, -0.2) is 23.9 Å². The van der Waals surface area contributed by atoms with E-state index >= 15 is 0 Å². The van der Waals surface area contributed by atoms with Crippen molar-refractivity contribution in [1.29, 1.82) is 5.26 Å². The molecule has 0 aromatic rings. The first-order chi connectivity index (χ1) is 8.69. The predicted molar refractivity (Wildman–Crippen MR) is 72.9 cm³/mol. The van der Waals surface area contributed by atoms with E-state index in [0.717, 1.165) is 44.9 Å². The molecule has 3 heteroatoms. The highest BCUT2D eigenvalue weighted by molar-refractivity contribution is 5.76. The van der Waals surface area contributed by atoms with Crippen LogP contribution in [0.5, 0.6) is 0 Å². The molecule has 0 saturated heterocycles. The van der Waals surface area contributed by atoms with Crippen LogP contribution >= 0.6 is 0 Å². The Morgan fingerprint density at radius 2 is 1.94 bits per heavy atom. The Morgan fingerprint density at radius 1 is 1.28 bits per heavy atom. The molecule has 1 aliphatic carbocycles. The molecule has 1 rings (SSSR count). The van der Waals surface area contributed by atoms with E-state index in [9.17, 15) is 4.79 Å². The topological polar surface area (TPSA) is 44.1 Å². The van der Waals surface area contributed by atoms with Crippen LogP contribution in [0.3, 0.4) is 0 Å². The normalized spacial score (nSPS) is 23.4. The molecule has 0 aromatic carbocycles. The van der Waals surface area contributed by atoms with Gasteiger partial charge in [-0.25, -0.2) is 0 Å². The second-order valence-electron chi connectivity index (χ2n) is 5.50. The van der Waals surface area contributed by atoms with Gasteiger partial charge in [0.2, 0.25) is 5.91 Å². The molecule has 0 unspecified atom stereocenters. The average molecular weight is 250 g/mol. The molecule has 1 amide bonds. The third-order valence-corrected chi connectivity index (χ3v) is 4.13. The number of carbonyl (C=O) groups excluding carboxylic acids is 1. The van der Waals surface area contributed by atoms with Gasteiger partial charge in [-0.3, -0.25) is 4.79 Å². The third-order valence-electron chi connectivity index (χ3n) is 4.13. The summed E-state index contributed by atoms with van der Waals surface area (Å²) in [6.07, 6.45) is 9.05. The Hall–Kier alpha value is -1.04. The molecule has 0 radical (unpaired) electrons. The van der Waals surface area contributed by atoms with Crippen molar-refractivity contribution in [3.05, 3.63) is 0 Å². The van der Waals surface area contributed by atoms with E-state index in [2.05, 4.69) is 13.0 Å². The second-order valence-corrected chi connectivity index (χ2v) is 5.50. The highest BCUT2D eigenvalue weighted by atomic mass is 16.2. The highest BCUT2D eigenvalue weighted by Crippen LogP contribution is 2.29. The van der Waals surface area contributed by atoms with Gasteiger partial charge in [-0.2, -0.15) is 5.26 Å². The van der Waals surface area contributed by atoms with Crippen LogP contribution in [0.2, 0.25) is 0 Å². The number of amides is 1. The van der Waals surface area contributed by atoms with Crippen LogP contribution in [0.15, 0.2) is 0 Å². The van der Waals surface area contributed by atoms with E-state index in [1.54, 1.807) is 0 Å². The Morgan fingerprint density at radius 3 is 2.50 bits per heavy atom. The minimum absolute atomic E-state index is 0.298. The van der Waals surface area contributed by atoms with Gasteiger partial charge in [-0.1, -0.05) is 19.8 Å². The zero-order valence-corrected chi connectivity index (χ0v) is 11.8. The average Bonchev–Trinajstić information content (AvgIpc) is 2.39. The van der Waals surface area contributed by atoms with E-state index in [1.165, 1.54) is 0 Å². The zero-order chi connectivity index (χ0) is 13.4. The number of rotatable bonds is 6. The molecule has 0 aromatic heterocycles. The van der Waals surface area contributed by atoms with Gasteiger partial charge in [0.05, 0.1) is 6.07 Å². The van der Waals surface area contributed by atoms with Crippen molar-refractivity contribution in [2.45, 2.75) is 70.8 Å². The van der Waals surface area contributed by atoms with Gasteiger partial charge in [0, 0.05) is 25.9 Å². The van der Waals surface area contributed by atoms with Gasteiger partial charge in [-0.15, -0.1) is 0 Å². The Labute approximate surface area is 111 Å². The van der Waals surface area contributed by atoms with Crippen molar-refractivity contribution in [3.63, 3.8) is 0 Å². The summed E-state index contributed by atoms with van der Waals surface area (Å²) < 4.78 is 0. The number of carbonyl (C=O) groups is 1. The van der Waals surface area contributed by atoms with E-state index < -0.39 is 0 Å². The molecule has 1 saturated carbocycles. The second kappa shape index (κ2) is 8.13. The van der Waals surface area contributed by atoms with Crippen molar-refractivity contribution >= 4 is 5.91 Å². The fourth-order valence-corrected chi connectivity index (χ4v) is 2.77. The van der Waals surface area contributed by atoms with Gasteiger partial charge in [0.25, 0.3) is 0 Å². The van der Waals surface area contributed by atoms with Crippen molar-refractivity contribution in [1.82, 2.24) is 4.90 Å². The van der Waals surface area contributed by atoms with Gasteiger partial charge >= 0.3 is 0 Å². The smallest absolute Gasteiger partial charge is 0.222 e. The van der Waals surface area contributed by atoms with Gasteiger partial charge < -0.3 is 4.90 Å². The molecule has 1 fully saturated rings. The lowest BCUT2D eigenvalue weighted by molar-refractivity contribution is -0.132. The summed E-state index contributed by atoms with van der Waals surface area (Å²) in [7, 11) is 1.95. The van der Waals surface area contributed by atoms with Crippen LogP contribution in [0, 0.1) is 17.2 Å². The fourth-order valence-electron chi connectivity index (χ4n) is 2.77. The minimum atomic E-state index is 0.298. The molecule has 0 aliphatic heterocycles. The first kappa shape index (κ1) is 15.0. The lowest BCUT2D eigenvalue weighted by Crippen LogP contribution is -2.39. The first-order valence-corrected chi connectivity index (χ1v) is 7.31. The lowest BCUT2D eigenvalue weighted by atomic mass is 9.84. The summed E-state index contributed by atoms with van der Waals surface area (Å²) >= 11 is 0. The van der Waals surface area contributed by atoms with Crippen LogP contribution in [0.4, 0.5) is 0 Å².